The Hall–Kier alpha value is -3.08. The summed E-state index contributed by atoms with van der Waals surface area (Å²) in [5.74, 6) is 3.14. The van der Waals surface area contributed by atoms with E-state index in [0.29, 0.717) is 5.82 Å². The van der Waals surface area contributed by atoms with Gasteiger partial charge in [0, 0.05) is 11.6 Å². The van der Waals surface area contributed by atoms with Gasteiger partial charge in [-0.25, -0.2) is 9.97 Å². The van der Waals surface area contributed by atoms with Gasteiger partial charge in [-0.1, -0.05) is 24.3 Å². The maximum absolute atomic E-state index is 5.31. The largest absolute Gasteiger partial charge is 0.497 e. The van der Waals surface area contributed by atoms with E-state index in [9.17, 15) is 0 Å². The minimum Gasteiger partial charge on any atom is -0.497 e. The predicted molar refractivity (Wildman–Crippen MR) is 104 cm³/mol. The van der Waals surface area contributed by atoms with Gasteiger partial charge in [-0.05, 0) is 43.7 Å². The Kier molecular flexibility index (Phi) is 5.37. The van der Waals surface area contributed by atoms with E-state index in [1.165, 1.54) is 0 Å². The van der Waals surface area contributed by atoms with Crippen LogP contribution in [0.4, 0.5) is 5.82 Å². The molecule has 1 heterocycles. The Morgan fingerprint density at radius 1 is 0.885 bits per heavy atom. The van der Waals surface area contributed by atoms with Crippen molar-refractivity contribution in [3.05, 3.63) is 66.0 Å². The third kappa shape index (κ3) is 4.11. The van der Waals surface area contributed by atoms with Crippen LogP contribution in [0, 0.1) is 6.92 Å². The first-order chi connectivity index (χ1) is 12.6. The number of hydrogen-bond acceptors (Lipinski definition) is 5. The van der Waals surface area contributed by atoms with Crippen LogP contribution in [0.5, 0.6) is 11.5 Å². The van der Waals surface area contributed by atoms with E-state index >= 15 is 0 Å². The van der Waals surface area contributed by atoms with E-state index in [2.05, 4.69) is 28.3 Å². The van der Waals surface area contributed by atoms with Crippen molar-refractivity contribution in [3.63, 3.8) is 0 Å². The normalized spacial score (nSPS) is 11.7. The predicted octanol–water partition coefficient (Wildman–Crippen LogP) is 4.64. The molecule has 0 bridgehead atoms. The number of nitrogens with one attached hydrogen (secondary N) is 1. The summed E-state index contributed by atoms with van der Waals surface area (Å²) < 4.78 is 10.6. The molecule has 0 aliphatic heterocycles. The first-order valence-corrected chi connectivity index (χ1v) is 8.49. The third-order valence-electron chi connectivity index (χ3n) is 4.16. The summed E-state index contributed by atoms with van der Waals surface area (Å²) in [6, 6.07) is 17.9. The van der Waals surface area contributed by atoms with Crippen molar-refractivity contribution in [2.24, 2.45) is 0 Å². The topological polar surface area (TPSA) is 56.3 Å². The van der Waals surface area contributed by atoms with Crippen molar-refractivity contribution in [1.82, 2.24) is 9.97 Å². The fourth-order valence-corrected chi connectivity index (χ4v) is 2.79. The lowest BCUT2D eigenvalue weighted by molar-refractivity contribution is 0.414. The van der Waals surface area contributed by atoms with Crippen molar-refractivity contribution < 1.29 is 9.47 Å². The minimum absolute atomic E-state index is 0.0811. The fourth-order valence-electron chi connectivity index (χ4n) is 2.79. The summed E-state index contributed by atoms with van der Waals surface area (Å²) in [6.45, 7) is 3.99. The average Bonchev–Trinajstić information content (AvgIpc) is 2.67. The number of aryl methyl sites for hydroxylation is 1. The Morgan fingerprint density at radius 2 is 1.58 bits per heavy atom. The van der Waals surface area contributed by atoms with Crippen molar-refractivity contribution >= 4 is 5.82 Å². The summed E-state index contributed by atoms with van der Waals surface area (Å²) in [5, 5.41) is 3.45. The van der Waals surface area contributed by atoms with Crippen LogP contribution in [0.2, 0.25) is 0 Å². The molecule has 1 unspecified atom stereocenters. The van der Waals surface area contributed by atoms with Crippen LogP contribution < -0.4 is 14.8 Å². The molecule has 1 atom stereocenters. The Labute approximate surface area is 154 Å². The zero-order chi connectivity index (χ0) is 18.5. The standard InChI is InChI=1S/C21H23N3O2/c1-14(16-7-5-9-18(11-16)25-3)22-21-13-20(23-15(2)24-21)17-8-6-10-19(12-17)26-4/h5-14H,1-4H3,(H,22,23,24). The van der Waals surface area contributed by atoms with Crippen LogP contribution in [-0.4, -0.2) is 24.2 Å². The lowest BCUT2D eigenvalue weighted by Gasteiger charge is -2.17. The molecule has 5 nitrogen and oxygen atoms in total. The third-order valence-corrected chi connectivity index (χ3v) is 4.16. The molecule has 0 saturated carbocycles. The minimum atomic E-state index is 0.0811. The molecule has 134 valence electrons. The van der Waals surface area contributed by atoms with E-state index in [1.54, 1.807) is 14.2 Å². The number of hydrogen-bond donors (Lipinski definition) is 1. The highest BCUT2D eigenvalue weighted by molar-refractivity contribution is 5.64. The first kappa shape index (κ1) is 17.7. The van der Waals surface area contributed by atoms with Crippen LogP contribution in [0.15, 0.2) is 54.6 Å². The molecule has 5 heteroatoms. The van der Waals surface area contributed by atoms with Gasteiger partial charge in [0.2, 0.25) is 0 Å². The van der Waals surface area contributed by atoms with Crippen LogP contribution in [0.3, 0.4) is 0 Å². The number of aromatic nitrogens is 2. The molecule has 3 aromatic rings. The number of ether oxygens (including phenoxy) is 2. The molecule has 0 aliphatic rings. The summed E-state index contributed by atoms with van der Waals surface area (Å²) in [7, 11) is 3.33. The molecular weight excluding hydrogens is 326 g/mol. The second-order valence-corrected chi connectivity index (χ2v) is 6.06. The second-order valence-electron chi connectivity index (χ2n) is 6.06. The molecule has 2 aromatic carbocycles. The Bertz CT molecular complexity index is 896. The fraction of sp³-hybridized carbons (Fsp3) is 0.238. The zero-order valence-corrected chi connectivity index (χ0v) is 15.5. The van der Waals surface area contributed by atoms with Crippen molar-refractivity contribution in [3.8, 4) is 22.8 Å². The van der Waals surface area contributed by atoms with Crippen molar-refractivity contribution in [2.45, 2.75) is 19.9 Å². The summed E-state index contributed by atoms with van der Waals surface area (Å²) in [5.41, 5.74) is 2.98. The van der Waals surface area contributed by atoms with Gasteiger partial charge in [-0.2, -0.15) is 0 Å². The van der Waals surface area contributed by atoms with Crippen LogP contribution in [0.1, 0.15) is 24.4 Å². The monoisotopic (exact) mass is 349 g/mol. The van der Waals surface area contributed by atoms with Crippen LogP contribution in [-0.2, 0) is 0 Å². The van der Waals surface area contributed by atoms with Crippen LogP contribution in [0.25, 0.3) is 11.3 Å². The Morgan fingerprint density at radius 3 is 2.31 bits per heavy atom. The number of anilines is 1. The number of rotatable bonds is 6. The van der Waals surface area contributed by atoms with Gasteiger partial charge >= 0.3 is 0 Å². The van der Waals surface area contributed by atoms with E-state index in [-0.39, 0.29) is 6.04 Å². The zero-order valence-electron chi connectivity index (χ0n) is 15.5. The highest BCUT2D eigenvalue weighted by Gasteiger charge is 2.10. The van der Waals surface area contributed by atoms with Crippen molar-refractivity contribution in [1.29, 1.82) is 0 Å². The molecular formula is C21H23N3O2. The van der Waals surface area contributed by atoms with E-state index in [0.717, 1.165) is 34.1 Å². The molecule has 0 fully saturated rings. The lowest BCUT2D eigenvalue weighted by atomic mass is 10.1. The molecule has 0 radical (unpaired) electrons. The number of benzene rings is 2. The molecule has 0 aliphatic carbocycles. The molecule has 26 heavy (non-hydrogen) atoms. The molecule has 3 rings (SSSR count). The quantitative estimate of drug-likeness (QED) is 0.702. The highest BCUT2D eigenvalue weighted by atomic mass is 16.5. The number of methoxy groups -OCH3 is 2. The molecule has 1 N–H and O–H groups in total. The van der Waals surface area contributed by atoms with Gasteiger partial charge in [0.05, 0.1) is 26.0 Å². The molecule has 0 amide bonds. The maximum Gasteiger partial charge on any atom is 0.130 e. The number of nitrogens with zero attached hydrogens (tertiary/aromatic N) is 2. The summed E-state index contributed by atoms with van der Waals surface area (Å²) in [6.07, 6.45) is 0. The average molecular weight is 349 g/mol. The van der Waals surface area contributed by atoms with Gasteiger partial charge in [0.1, 0.15) is 23.1 Å². The van der Waals surface area contributed by atoms with Crippen molar-refractivity contribution in [2.75, 3.05) is 19.5 Å². The van der Waals surface area contributed by atoms with E-state index in [4.69, 9.17) is 9.47 Å². The van der Waals surface area contributed by atoms with Gasteiger partial charge in [0.15, 0.2) is 0 Å². The van der Waals surface area contributed by atoms with Gasteiger partial charge in [0.25, 0.3) is 0 Å². The Balaban J connectivity index is 1.87. The van der Waals surface area contributed by atoms with Gasteiger partial charge in [-0.3, -0.25) is 0 Å². The van der Waals surface area contributed by atoms with E-state index in [1.807, 2.05) is 55.5 Å². The molecule has 0 spiro atoms. The first-order valence-electron chi connectivity index (χ1n) is 8.49. The SMILES string of the molecule is COc1cccc(-c2cc(NC(C)c3cccc(OC)c3)nc(C)n2)c1. The molecule has 0 saturated heterocycles. The van der Waals surface area contributed by atoms with E-state index < -0.39 is 0 Å². The smallest absolute Gasteiger partial charge is 0.130 e. The highest BCUT2D eigenvalue weighted by Crippen LogP contribution is 2.26. The second kappa shape index (κ2) is 7.87. The summed E-state index contributed by atoms with van der Waals surface area (Å²) >= 11 is 0. The van der Waals surface area contributed by atoms with Crippen LogP contribution >= 0.6 is 0 Å². The lowest BCUT2D eigenvalue weighted by Crippen LogP contribution is -2.09. The summed E-state index contributed by atoms with van der Waals surface area (Å²) in [4.78, 5) is 9.09. The van der Waals surface area contributed by atoms with Gasteiger partial charge in [-0.15, -0.1) is 0 Å². The molecule has 1 aromatic heterocycles. The maximum atomic E-state index is 5.31. The van der Waals surface area contributed by atoms with Gasteiger partial charge < -0.3 is 14.8 Å².